The standard InChI is InChI=1S/C14H24N3O5/c15-6-2-1-5-12(19)11(4-3-7-16)14(22)17-10(9-18)8-13(20)21/h10-11H,1-8,15-16H2,(H,17,22)(H,20,21)/t10-,11?/m0/s1. The number of carboxylic acids is 1. The predicted molar refractivity (Wildman–Crippen MR) is 79.6 cm³/mol. The quantitative estimate of drug-likeness (QED) is 0.254. The van der Waals surface area contributed by atoms with E-state index >= 15 is 0 Å². The van der Waals surface area contributed by atoms with E-state index in [-0.39, 0.29) is 18.6 Å². The molecule has 0 fully saturated rings. The van der Waals surface area contributed by atoms with Crippen LogP contribution in [0, 0.1) is 5.92 Å². The summed E-state index contributed by atoms with van der Waals surface area (Å²) in [6, 6.07) is -1.26. The first-order valence-electron chi connectivity index (χ1n) is 7.28. The minimum atomic E-state index is -1.26. The first-order valence-corrected chi connectivity index (χ1v) is 7.28. The minimum absolute atomic E-state index is 0.217. The number of unbranched alkanes of at least 4 members (excludes halogenated alkanes) is 1. The number of ketones is 1. The van der Waals surface area contributed by atoms with Crippen molar-refractivity contribution in [1.82, 2.24) is 5.32 Å². The van der Waals surface area contributed by atoms with Crippen molar-refractivity contribution in [3.05, 3.63) is 0 Å². The maximum Gasteiger partial charge on any atom is 0.305 e. The third-order valence-electron chi connectivity index (χ3n) is 3.12. The van der Waals surface area contributed by atoms with Gasteiger partial charge in [-0.1, -0.05) is 0 Å². The Bertz CT molecular complexity index is 387. The summed E-state index contributed by atoms with van der Waals surface area (Å²) in [6.07, 6.45) is 3.11. The van der Waals surface area contributed by atoms with E-state index in [1.165, 1.54) is 6.29 Å². The Balaban J connectivity index is 4.69. The molecule has 0 aromatic rings. The first kappa shape index (κ1) is 20.2. The zero-order valence-corrected chi connectivity index (χ0v) is 12.5. The van der Waals surface area contributed by atoms with Crippen LogP contribution in [0.5, 0.6) is 0 Å². The normalized spacial score (nSPS) is 13.2. The monoisotopic (exact) mass is 314 g/mol. The van der Waals surface area contributed by atoms with Gasteiger partial charge < -0.3 is 21.9 Å². The maximum absolute atomic E-state index is 12.1. The van der Waals surface area contributed by atoms with Gasteiger partial charge in [-0.15, -0.1) is 0 Å². The highest BCUT2D eigenvalue weighted by molar-refractivity contribution is 6.02. The van der Waals surface area contributed by atoms with E-state index in [9.17, 15) is 19.2 Å². The summed E-state index contributed by atoms with van der Waals surface area (Å²) in [5, 5.41) is 10.9. The number of aliphatic carboxylic acids is 1. The van der Waals surface area contributed by atoms with Crippen LogP contribution in [-0.4, -0.2) is 48.2 Å². The molecule has 22 heavy (non-hydrogen) atoms. The molecule has 0 aliphatic rings. The molecule has 8 heteroatoms. The van der Waals surface area contributed by atoms with Crippen molar-refractivity contribution in [3.8, 4) is 0 Å². The van der Waals surface area contributed by atoms with E-state index in [1.807, 2.05) is 0 Å². The molecule has 0 heterocycles. The summed E-state index contributed by atoms with van der Waals surface area (Å²) in [7, 11) is 0. The number of nitrogens with two attached hydrogens (primary N) is 2. The van der Waals surface area contributed by atoms with E-state index in [2.05, 4.69) is 5.32 Å². The van der Waals surface area contributed by atoms with Crippen LogP contribution < -0.4 is 16.8 Å². The Labute approximate surface area is 129 Å². The number of hydrogen-bond donors (Lipinski definition) is 4. The molecule has 125 valence electrons. The summed E-state index contributed by atoms with van der Waals surface area (Å²) < 4.78 is 0. The molecular weight excluding hydrogens is 290 g/mol. The molecule has 0 rings (SSSR count). The highest BCUT2D eigenvalue weighted by atomic mass is 16.4. The Kier molecular flexibility index (Phi) is 10.8. The van der Waals surface area contributed by atoms with Crippen LogP contribution in [0.15, 0.2) is 0 Å². The number of Topliss-reactive ketones (excluding diaryl/α,β-unsaturated/α-hetero) is 1. The van der Waals surface area contributed by atoms with Crippen LogP contribution in [0.2, 0.25) is 0 Å². The van der Waals surface area contributed by atoms with Crippen molar-refractivity contribution in [3.63, 3.8) is 0 Å². The van der Waals surface area contributed by atoms with E-state index < -0.39 is 30.3 Å². The Morgan fingerprint density at radius 2 is 1.73 bits per heavy atom. The number of nitrogens with one attached hydrogen (secondary N) is 1. The summed E-state index contributed by atoms with van der Waals surface area (Å²) in [5.74, 6) is -3.06. The molecule has 0 spiro atoms. The number of hydrogen-bond acceptors (Lipinski definition) is 6. The van der Waals surface area contributed by atoms with Gasteiger partial charge in [-0.3, -0.25) is 19.2 Å². The van der Waals surface area contributed by atoms with Crippen molar-refractivity contribution in [2.45, 2.75) is 44.6 Å². The fraction of sp³-hybridized carbons (Fsp3) is 0.714. The van der Waals surface area contributed by atoms with Gasteiger partial charge >= 0.3 is 5.97 Å². The molecule has 1 unspecified atom stereocenters. The highest BCUT2D eigenvalue weighted by Crippen LogP contribution is 2.13. The highest BCUT2D eigenvalue weighted by Gasteiger charge is 2.28. The molecular formula is C14H24N3O5. The van der Waals surface area contributed by atoms with Crippen molar-refractivity contribution in [2.75, 3.05) is 13.1 Å². The number of rotatable bonds is 13. The van der Waals surface area contributed by atoms with Crippen LogP contribution >= 0.6 is 0 Å². The topological polar surface area (TPSA) is 153 Å². The number of amides is 1. The van der Waals surface area contributed by atoms with Crippen LogP contribution in [0.3, 0.4) is 0 Å². The molecule has 2 atom stereocenters. The van der Waals surface area contributed by atoms with Crippen molar-refractivity contribution >= 4 is 23.9 Å². The maximum atomic E-state index is 12.1. The molecule has 1 radical (unpaired) electrons. The predicted octanol–water partition coefficient (Wildman–Crippen LogP) is -0.891. The summed E-state index contributed by atoms with van der Waals surface area (Å²) in [6.45, 7) is 0.798. The van der Waals surface area contributed by atoms with Crippen molar-refractivity contribution in [2.24, 2.45) is 17.4 Å². The van der Waals surface area contributed by atoms with Gasteiger partial charge in [0.1, 0.15) is 11.8 Å². The van der Waals surface area contributed by atoms with Crippen molar-refractivity contribution in [1.29, 1.82) is 0 Å². The lowest BCUT2D eigenvalue weighted by Crippen LogP contribution is -2.43. The molecule has 6 N–H and O–H groups in total. The molecule has 0 aliphatic carbocycles. The lowest BCUT2D eigenvalue weighted by Gasteiger charge is -2.17. The third-order valence-corrected chi connectivity index (χ3v) is 3.12. The van der Waals surface area contributed by atoms with E-state index in [0.717, 1.165) is 0 Å². The fourth-order valence-electron chi connectivity index (χ4n) is 1.95. The Morgan fingerprint density at radius 1 is 1.09 bits per heavy atom. The van der Waals surface area contributed by atoms with Gasteiger partial charge in [0.2, 0.25) is 12.2 Å². The molecule has 0 aliphatic heterocycles. The second-order valence-corrected chi connectivity index (χ2v) is 4.97. The lowest BCUT2D eigenvalue weighted by atomic mass is 9.93. The van der Waals surface area contributed by atoms with Crippen LogP contribution in [0.1, 0.15) is 38.5 Å². The lowest BCUT2D eigenvalue weighted by molar-refractivity contribution is -0.137. The van der Waals surface area contributed by atoms with E-state index in [1.54, 1.807) is 0 Å². The number of carboxylic acid groups (broad SMARTS) is 1. The molecule has 0 saturated heterocycles. The summed E-state index contributed by atoms with van der Waals surface area (Å²) in [4.78, 5) is 45.5. The minimum Gasteiger partial charge on any atom is -0.481 e. The van der Waals surface area contributed by atoms with Gasteiger partial charge in [-0.2, -0.15) is 0 Å². The second-order valence-electron chi connectivity index (χ2n) is 4.97. The second kappa shape index (κ2) is 11.8. The van der Waals surface area contributed by atoms with Gasteiger partial charge in [-0.05, 0) is 38.8 Å². The van der Waals surface area contributed by atoms with Crippen molar-refractivity contribution < 1.29 is 24.3 Å². The smallest absolute Gasteiger partial charge is 0.305 e. The molecule has 0 aromatic heterocycles. The van der Waals surface area contributed by atoms with Crippen LogP contribution in [0.4, 0.5) is 0 Å². The van der Waals surface area contributed by atoms with Gasteiger partial charge in [0, 0.05) is 6.42 Å². The molecule has 0 aromatic carbocycles. The van der Waals surface area contributed by atoms with Gasteiger partial charge in [0.25, 0.3) is 0 Å². The van der Waals surface area contributed by atoms with E-state index in [0.29, 0.717) is 32.4 Å². The molecule has 1 amide bonds. The third kappa shape index (κ3) is 8.48. The van der Waals surface area contributed by atoms with Crippen LogP contribution in [-0.2, 0) is 19.2 Å². The molecule has 0 saturated carbocycles. The van der Waals surface area contributed by atoms with Gasteiger partial charge in [0.15, 0.2) is 0 Å². The summed E-state index contributed by atoms with van der Waals surface area (Å²) in [5.41, 5.74) is 10.7. The van der Waals surface area contributed by atoms with E-state index in [4.69, 9.17) is 16.6 Å². The molecule has 8 nitrogen and oxygen atoms in total. The zero-order chi connectivity index (χ0) is 17.0. The van der Waals surface area contributed by atoms with Crippen LogP contribution in [0.25, 0.3) is 0 Å². The SMILES string of the molecule is NCCCCC(=O)C(CCCN)C(=O)N[C@H]([C]=O)CC(=O)O. The molecule has 0 bridgehead atoms. The average Bonchev–Trinajstić information content (AvgIpc) is 2.46. The Hall–Kier alpha value is -1.80. The van der Waals surface area contributed by atoms with Gasteiger partial charge in [0.05, 0.1) is 12.3 Å². The largest absolute Gasteiger partial charge is 0.481 e. The number of carbonyl (C=O) groups excluding carboxylic acids is 3. The average molecular weight is 314 g/mol. The summed E-state index contributed by atoms with van der Waals surface area (Å²) >= 11 is 0. The Morgan fingerprint density at radius 3 is 2.23 bits per heavy atom. The number of carbonyl (C=O) groups is 3. The fourth-order valence-corrected chi connectivity index (χ4v) is 1.95. The zero-order valence-electron chi connectivity index (χ0n) is 12.5. The van der Waals surface area contributed by atoms with Gasteiger partial charge in [-0.25, -0.2) is 0 Å². The first-order chi connectivity index (χ1) is 10.5.